The number of nitrogens with zero attached hydrogens (tertiary/aromatic N) is 1. The number of aliphatic hydroxyl groups is 1. The van der Waals surface area contributed by atoms with Gasteiger partial charge in [-0.3, -0.25) is 0 Å². The molecule has 1 fully saturated rings. The lowest BCUT2D eigenvalue weighted by Gasteiger charge is -2.26. The van der Waals surface area contributed by atoms with E-state index >= 15 is 0 Å². The first-order valence-electron chi connectivity index (χ1n) is 6.20. The molecule has 0 aromatic heterocycles. The molecule has 2 atom stereocenters. The molecule has 1 aromatic rings. The van der Waals surface area contributed by atoms with Crippen molar-refractivity contribution in [3.8, 4) is 6.07 Å². The second kappa shape index (κ2) is 5.70. The van der Waals surface area contributed by atoms with Crippen LogP contribution >= 0.6 is 0 Å². The third kappa shape index (κ3) is 3.47. The van der Waals surface area contributed by atoms with Gasteiger partial charge in [-0.1, -0.05) is 6.42 Å². The summed E-state index contributed by atoms with van der Waals surface area (Å²) >= 11 is 0. The van der Waals surface area contributed by atoms with Crippen LogP contribution in [0.3, 0.4) is 0 Å². The van der Waals surface area contributed by atoms with Gasteiger partial charge in [-0.2, -0.15) is 5.26 Å². The lowest BCUT2D eigenvalue weighted by atomic mass is 9.87. The van der Waals surface area contributed by atoms with Crippen molar-refractivity contribution in [3.63, 3.8) is 0 Å². The number of hydrogen-bond acceptors (Lipinski definition) is 3. The Morgan fingerprint density at radius 2 is 2.06 bits per heavy atom. The molecule has 1 aliphatic carbocycles. The molecule has 17 heavy (non-hydrogen) atoms. The Kier molecular flexibility index (Phi) is 4.00. The molecule has 0 aliphatic heterocycles. The van der Waals surface area contributed by atoms with E-state index < -0.39 is 0 Å². The minimum absolute atomic E-state index is 0.114. The zero-order valence-electron chi connectivity index (χ0n) is 9.89. The molecule has 1 aromatic carbocycles. The van der Waals surface area contributed by atoms with Gasteiger partial charge in [0.05, 0.1) is 17.7 Å². The Bertz CT molecular complexity index is 394. The van der Waals surface area contributed by atoms with E-state index in [1.54, 1.807) is 0 Å². The van der Waals surface area contributed by atoms with Crippen LogP contribution in [0, 0.1) is 17.2 Å². The van der Waals surface area contributed by atoms with Crippen molar-refractivity contribution in [3.05, 3.63) is 29.8 Å². The normalized spacial score (nSPS) is 24.0. The molecule has 90 valence electrons. The predicted molar refractivity (Wildman–Crippen MR) is 67.6 cm³/mol. The molecular formula is C14H18N2O. The number of hydrogen-bond donors (Lipinski definition) is 2. The first kappa shape index (κ1) is 11.9. The van der Waals surface area contributed by atoms with Crippen LogP contribution in [0.2, 0.25) is 0 Å². The SMILES string of the molecule is N#Cc1ccc(NCC2CCCC(O)C2)cc1. The van der Waals surface area contributed by atoms with Gasteiger partial charge in [0.25, 0.3) is 0 Å². The summed E-state index contributed by atoms with van der Waals surface area (Å²) in [6.07, 6.45) is 4.06. The largest absolute Gasteiger partial charge is 0.393 e. The average Bonchev–Trinajstić information content (AvgIpc) is 2.37. The van der Waals surface area contributed by atoms with Crippen molar-refractivity contribution < 1.29 is 5.11 Å². The summed E-state index contributed by atoms with van der Waals surface area (Å²) in [7, 11) is 0. The smallest absolute Gasteiger partial charge is 0.0991 e. The standard InChI is InChI=1S/C14H18N2O/c15-9-11-4-6-13(7-5-11)16-10-12-2-1-3-14(17)8-12/h4-7,12,14,16-17H,1-3,8,10H2. The number of aliphatic hydroxyl groups excluding tert-OH is 1. The zero-order chi connectivity index (χ0) is 12.1. The van der Waals surface area contributed by atoms with Crippen molar-refractivity contribution >= 4 is 5.69 Å². The van der Waals surface area contributed by atoms with E-state index in [0.29, 0.717) is 11.5 Å². The molecule has 0 radical (unpaired) electrons. The van der Waals surface area contributed by atoms with E-state index in [9.17, 15) is 5.11 Å². The molecule has 2 unspecified atom stereocenters. The molecule has 3 nitrogen and oxygen atoms in total. The number of rotatable bonds is 3. The highest BCUT2D eigenvalue weighted by Crippen LogP contribution is 2.24. The quantitative estimate of drug-likeness (QED) is 0.839. The summed E-state index contributed by atoms with van der Waals surface area (Å²) in [5.74, 6) is 0.564. The van der Waals surface area contributed by atoms with E-state index in [0.717, 1.165) is 31.5 Å². The molecule has 1 aliphatic rings. The maximum Gasteiger partial charge on any atom is 0.0991 e. The van der Waals surface area contributed by atoms with Gasteiger partial charge in [0.1, 0.15) is 0 Å². The van der Waals surface area contributed by atoms with Crippen molar-refractivity contribution in [2.45, 2.75) is 31.8 Å². The van der Waals surface area contributed by atoms with Gasteiger partial charge in [0.2, 0.25) is 0 Å². The molecule has 2 rings (SSSR count). The third-order valence-corrected chi connectivity index (χ3v) is 3.36. The van der Waals surface area contributed by atoms with Gasteiger partial charge in [0.15, 0.2) is 0 Å². The molecule has 1 saturated carbocycles. The molecule has 0 spiro atoms. The van der Waals surface area contributed by atoms with Crippen molar-refractivity contribution in [2.24, 2.45) is 5.92 Å². The molecule has 0 amide bonds. The van der Waals surface area contributed by atoms with Gasteiger partial charge in [0, 0.05) is 12.2 Å². The van der Waals surface area contributed by atoms with Crippen LogP contribution in [-0.4, -0.2) is 17.8 Å². The molecular weight excluding hydrogens is 212 g/mol. The minimum atomic E-state index is -0.114. The fourth-order valence-electron chi connectivity index (χ4n) is 2.37. The second-order valence-electron chi connectivity index (χ2n) is 4.76. The summed E-state index contributed by atoms with van der Waals surface area (Å²) in [5.41, 5.74) is 1.73. The van der Waals surface area contributed by atoms with Gasteiger partial charge < -0.3 is 10.4 Å². The van der Waals surface area contributed by atoms with Gasteiger partial charge >= 0.3 is 0 Å². The first-order valence-corrected chi connectivity index (χ1v) is 6.20. The van der Waals surface area contributed by atoms with Crippen molar-refractivity contribution in [2.75, 3.05) is 11.9 Å². The van der Waals surface area contributed by atoms with Crippen LogP contribution in [0.1, 0.15) is 31.2 Å². The zero-order valence-corrected chi connectivity index (χ0v) is 9.89. The Hall–Kier alpha value is -1.53. The second-order valence-corrected chi connectivity index (χ2v) is 4.76. The maximum absolute atomic E-state index is 9.58. The summed E-state index contributed by atoms with van der Waals surface area (Å²) in [5, 5.41) is 21.6. The highest BCUT2D eigenvalue weighted by Gasteiger charge is 2.19. The van der Waals surface area contributed by atoms with Crippen LogP contribution in [-0.2, 0) is 0 Å². The fraction of sp³-hybridized carbons (Fsp3) is 0.500. The van der Waals surface area contributed by atoms with E-state index in [4.69, 9.17) is 5.26 Å². The van der Waals surface area contributed by atoms with Crippen LogP contribution in [0.5, 0.6) is 0 Å². The number of nitrogens with one attached hydrogen (secondary N) is 1. The molecule has 0 bridgehead atoms. The average molecular weight is 230 g/mol. The van der Waals surface area contributed by atoms with E-state index in [2.05, 4.69) is 11.4 Å². The third-order valence-electron chi connectivity index (χ3n) is 3.36. The van der Waals surface area contributed by atoms with Gasteiger partial charge in [-0.15, -0.1) is 0 Å². The van der Waals surface area contributed by atoms with Crippen LogP contribution in [0.4, 0.5) is 5.69 Å². The fourth-order valence-corrected chi connectivity index (χ4v) is 2.37. The lowest BCUT2D eigenvalue weighted by molar-refractivity contribution is 0.105. The number of anilines is 1. The summed E-state index contributed by atoms with van der Waals surface area (Å²) < 4.78 is 0. The van der Waals surface area contributed by atoms with Crippen LogP contribution in [0.15, 0.2) is 24.3 Å². The Balaban J connectivity index is 1.83. The summed E-state index contributed by atoms with van der Waals surface area (Å²) in [4.78, 5) is 0. The molecule has 3 heteroatoms. The van der Waals surface area contributed by atoms with Crippen molar-refractivity contribution in [1.82, 2.24) is 0 Å². The number of benzene rings is 1. The summed E-state index contributed by atoms with van der Waals surface area (Å²) in [6.45, 7) is 0.906. The molecule has 0 saturated heterocycles. The minimum Gasteiger partial charge on any atom is -0.393 e. The Labute approximate surface area is 102 Å². The maximum atomic E-state index is 9.58. The van der Waals surface area contributed by atoms with Crippen molar-refractivity contribution in [1.29, 1.82) is 5.26 Å². The van der Waals surface area contributed by atoms with Crippen LogP contribution < -0.4 is 5.32 Å². The molecule has 0 heterocycles. The first-order chi connectivity index (χ1) is 8.28. The topological polar surface area (TPSA) is 56.0 Å². The van der Waals surface area contributed by atoms with Gasteiger partial charge in [-0.05, 0) is 49.4 Å². The highest BCUT2D eigenvalue weighted by molar-refractivity contribution is 5.47. The number of nitriles is 1. The summed E-state index contributed by atoms with van der Waals surface area (Å²) in [6, 6.07) is 9.60. The Morgan fingerprint density at radius 1 is 1.29 bits per heavy atom. The van der Waals surface area contributed by atoms with E-state index in [1.807, 2.05) is 24.3 Å². The lowest BCUT2D eigenvalue weighted by Crippen LogP contribution is -2.24. The predicted octanol–water partition coefficient (Wildman–Crippen LogP) is 2.52. The van der Waals surface area contributed by atoms with Gasteiger partial charge in [-0.25, -0.2) is 0 Å². The highest BCUT2D eigenvalue weighted by atomic mass is 16.3. The van der Waals surface area contributed by atoms with E-state index in [1.165, 1.54) is 6.42 Å². The Morgan fingerprint density at radius 3 is 2.71 bits per heavy atom. The van der Waals surface area contributed by atoms with E-state index in [-0.39, 0.29) is 6.10 Å². The monoisotopic (exact) mass is 230 g/mol. The molecule has 2 N–H and O–H groups in total. The van der Waals surface area contributed by atoms with Crippen LogP contribution in [0.25, 0.3) is 0 Å².